The zero-order valence-corrected chi connectivity index (χ0v) is 13.8. The van der Waals surface area contributed by atoms with E-state index in [1.807, 2.05) is 42.5 Å². The van der Waals surface area contributed by atoms with Crippen LogP contribution >= 0.6 is 15.9 Å². The molecule has 2 aromatic carbocycles. The second kappa shape index (κ2) is 6.87. The zero-order valence-electron chi connectivity index (χ0n) is 12.2. The Morgan fingerprint density at radius 3 is 2.33 bits per heavy atom. The fourth-order valence-corrected chi connectivity index (χ4v) is 2.40. The fraction of sp³-hybridized carbons (Fsp3) is 0.235. The summed E-state index contributed by atoms with van der Waals surface area (Å²) < 4.78 is 0.876. The van der Waals surface area contributed by atoms with Gasteiger partial charge in [0.2, 0.25) is 5.91 Å². The van der Waals surface area contributed by atoms with Gasteiger partial charge < -0.3 is 5.32 Å². The molecule has 0 unspecified atom stereocenters. The van der Waals surface area contributed by atoms with Crippen molar-refractivity contribution in [2.45, 2.75) is 19.4 Å². The molecule has 2 rings (SSSR count). The Balaban J connectivity index is 1.94. The number of hydrogen-bond acceptors (Lipinski definition) is 2. The quantitative estimate of drug-likeness (QED) is 0.861. The van der Waals surface area contributed by atoms with Crippen LogP contribution in [0.1, 0.15) is 19.4 Å². The van der Waals surface area contributed by atoms with Gasteiger partial charge in [-0.25, -0.2) is 0 Å². The minimum absolute atomic E-state index is 0.0640. The molecular formula is C17H19BrN2O. The maximum Gasteiger partial charge on any atom is 0.238 e. The number of benzene rings is 2. The number of para-hydroxylation sites is 1. The van der Waals surface area contributed by atoms with Crippen molar-refractivity contribution in [3.05, 3.63) is 64.6 Å². The van der Waals surface area contributed by atoms with Crippen molar-refractivity contribution in [3.63, 3.8) is 0 Å². The summed E-state index contributed by atoms with van der Waals surface area (Å²) in [5.74, 6) is -0.0640. The second-order valence-corrected chi connectivity index (χ2v) is 6.23. The summed E-state index contributed by atoms with van der Waals surface area (Å²) >= 11 is 3.42. The van der Waals surface area contributed by atoms with Gasteiger partial charge in [-0.15, -0.1) is 0 Å². The third-order valence-electron chi connectivity index (χ3n) is 3.33. The molecule has 0 saturated carbocycles. The zero-order chi connectivity index (χ0) is 15.3. The lowest BCUT2D eigenvalue weighted by atomic mass is 9.94. The van der Waals surface area contributed by atoms with Crippen molar-refractivity contribution in [3.8, 4) is 0 Å². The Bertz CT molecular complexity index is 611. The van der Waals surface area contributed by atoms with E-state index in [-0.39, 0.29) is 18.0 Å². The number of carbonyl (C=O) groups is 1. The largest absolute Gasteiger partial charge is 0.324 e. The molecule has 0 heterocycles. The van der Waals surface area contributed by atoms with E-state index in [0.717, 1.165) is 15.7 Å². The monoisotopic (exact) mass is 346 g/mol. The van der Waals surface area contributed by atoms with Gasteiger partial charge in [-0.2, -0.15) is 0 Å². The van der Waals surface area contributed by atoms with Crippen LogP contribution in [-0.2, 0) is 10.3 Å². The molecule has 4 heteroatoms. The lowest BCUT2D eigenvalue weighted by Gasteiger charge is -2.26. The summed E-state index contributed by atoms with van der Waals surface area (Å²) in [5, 5.41) is 6.17. The Hall–Kier alpha value is -1.65. The summed E-state index contributed by atoms with van der Waals surface area (Å²) in [6.07, 6.45) is 0. The summed E-state index contributed by atoms with van der Waals surface area (Å²) in [6.45, 7) is 4.38. The van der Waals surface area contributed by atoms with Gasteiger partial charge in [0.1, 0.15) is 0 Å². The van der Waals surface area contributed by atoms with E-state index in [0.29, 0.717) is 0 Å². The van der Waals surface area contributed by atoms with E-state index in [1.54, 1.807) is 0 Å². The number of carbonyl (C=O) groups excluding carboxylic acids is 1. The predicted octanol–water partition coefficient (Wildman–Crippen LogP) is 3.91. The van der Waals surface area contributed by atoms with Crippen molar-refractivity contribution < 1.29 is 4.79 Å². The number of hydrogen-bond donors (Lipinski definition) is 2. The lowest BCUT2D eigenvalue weighted by molar-refractivity contribution is -0.115. The van der Waals surface area contributed by atoms with Gasteiger partial charge in [-0.05, 0) is 47.5 Å². The van der Waals surface area contributed by atoms with Gasteiger partial charge in [0, 0.05) is 10.0 Å². The molecule has 0 radical (unpaired) electrons. The maximum absolute atomic E-state index is 12.0. The minimum atomic E-state index is -0.257. The topological polar surface area (TPSA) is 41.1 Å². The molecule has 0 spiro atoms. The summed E-state index contributed by atoms with van der Waals surface area (Å²) in [5.41, 5.74) is 1.67. The summed E-state index contributed by atoms with van der Waals surface area (Å²) in [4.78, 5) is 12.0. The molecule has 2 N–H and O–H groups in total. The third-order valence-corrected chi connectivity index (χ3v) is 4.03. The van der Waals surface area contributed by atoms with Crippen LogP contribution in [0.25, 0.3) is 0 Å². The Kier molecular flexibility index (Phi) is 5.15. The molecule has 0 saturated heterocycles. The minimum Gasteiger partial charge on any atom is -0.324 e. The highest BCUT2D eigenvalue weighted by atomic mass is 79.9. The second-order valence-electron chi connectivity index (χ2n) is 5.37. The standard InChI is InChI=1S/C17H19BrN2O/c1-17(2,13-8-4-3-5-9-13)19-12-16(21)20-15-11-7-6-10-14(15)18/h3-11,19H,12H2,1-2H3,(H,20,21). The van der Waals surface area contributed by atoms with Crippen LogP contribution in [0.5, 0.6) is 0 Å². The van der Waals surface area contributed by atoms with E-state index in [2.05, 4.69) is 52.5 Å². The molecule has 21 heavy (non-hydrogen) atoms. The van der Waals surface area contributed by atoms with Crippen LogP contribution in [0.3, 0.4) is 0 Å². The highest BCUT2D eigenvalue weighted by Gasteiger charge is 2.20. The van der Waals surface area contributed by atoms with E-state index in [4.69, 9.17) is 0 Å². The highest BCUT2D eigenvalue weighted by molar-refractivity contribution is 9.10. The first-order valence-corrected chi connectivity index (χ1v) is 7.63. The molecule has 0 aliphatic carbocycles. The van der Waals surface area contributed by atoms with Crippen LogP contribution < -0.4 is 10.6 Å². The van der Waals surface area contributed by atoms with Crippen molar-refractivity contribution >= 4 is 27.5 Å². The van der Waals surface area contributed by atoms with Crippen LogP contribution in [0.4, 0.5) is 5.69 Å². The normalized spacial score (nSPS) is 11.2. The van der Waals surface area contributed by atoms with Crippen molar-refractivity contribution in [1.29, 1.82) is 0 Å². The van der Waals surface area contributed by atoms with Crippen molar-refractivity contribution in [1.82, 2.24) is 5.32 Å². The summed E-state index contributed by atoms with van der Waals surface area (Å²) in [7, 11) is 0. The summed E-state index contributed by atoms with van der Waals surface area (Å²) in [6, 6.07) is 17.7. The van der Waals surface area contributed by atoms with Crippen molar-refractivity contribution in [2.24, 2.45) is 0 Å². The molecule has 2 aromatic rings. The van der Waals surface area contributed by atoms with Crippen LogP contribution in [0, 0.1) is 0 Å². The van der Waals surface area contributed by atoms with E-state index >= 15 is 0 Å². The van der Waals surface area contributed by atoms with Gasteiger partial charge in [0.15, 0.2) is 0 Å². The highest BCUT2D eigenvalue weighted by Crippen LogP contribution is 2.21. The fourth-order valence-electron chi connectivity index (χ4n) is 2.02. The van der Waals surface area contributed by atoms with Gasteiger partial charge in [0.05, 0.1) is 12.2 Å². The number of nitrogens with one attached hydrogen (secondary N) is 2. The Morgan fingerprint density at radius 2 is 1.67 bits per heavy atom. The number of halogens is 1. The number of anilines is 1. The van der Waals surface area contributed by atoms with E-state index in [9.17, 15) is 4.79 Å². The van der Waals surface area contributed by atoms with Crippen LogP contribution in [0.15, 0.2) is 59.1 Å². The molecule has 0 bridgehead atoms. The van der Waals surface area contributed by atoms with Crippen LogP contribution in [-0.4, -0.2) is 12.5 Å². The van der Waals surface area contributed by atoms with Gasteiger partial charge in [-0.3, -0.25) is 10.1 Å². The third kappa shape index (κ3) is 4.41. The first-order valence-electron chi connectivity index (χ1n) is 6.84. The molecule has 0 aromatic heterocycles. The van der Waals surface area contributed by atoms with E-state index < -0.39 is 0 Å². The first-order chi connectivity index (χ1) is 9.99. The van der Waals surface area contributed by atoms with Gasteiger partial charge in [0.25, 0.3) is 0 Å². The first kappa shape index (κ1) is 15.7. The Morgan fingerprint density at radius 1 is 1.05 bits per heavy atom. The maximum atomic E-state index is 12.0. The predicted molar refractivity (Wildman–Crippen MR) is 90.2 cm³/mol. The lowest BCUT2D eigenvalue weighted by Crippen LogP contribution is -2.41. The molecule has 110 valence electrons. The van der Waals surface area contributed by atoms with Gasteiger partial charge >= 0.3 is 0 Å². The molecule has 0 atom stereocenters. The molecular weight excluding hydrogens is 328 g/mol. The van der Waals surface area contributed by atoms with E-state index in [1.165, 1.54) is 0 Å². The number of amides is 1. The average Bonchev–Trinajstić information content (AvgIpc) is 2.49. The molecule has 0 aliphatic rings. The smallest absolute Gasteiger partial charge is 0.238 e. The molecule has 0 fully saturated rings. The van der Waals surface area contributed by atoms with Crippen LogP contribution in [0.2, 0.25) is 0 Å². The molecule has 3 nitrogen and oxygen atoms in total. The molecule has 0 aliphatic heterocycles. The van der Waals surface area contributed by atoms with Crippen molar-refractivity contribution in [2.75, 3.05) is 11.9 Å². The molecule has 1 amide bonds. The average molecular weight is 347 g/mol. The number of rotatable bonds is 5. The van der Waals surface area contributed by atoms with Gasteiger partial charge in [-0.1, -0.05) is 42.5 Å². The SMILES string of the molecule is CC(C)(NCC(=O)Nc1ccccc1Br)c1ccccc1. The Labute approximate surface area is 133 Å².